The number of ether oxygens (including phenoxy) is 1. The molecular weight excluding hydrogens is 254 g/mol. The van der Waals surface area contributed by atoms with Crippen LogP contribution in [-0.4, -0.2) is 31.2 Å². The van der Waals surface area contributed by atoms with Crippen LogP contribution in [0.1, 0.15) is 43.0 Å². The predicted molar refractivity (Wildman–Crippen MR) is 79.8 cm³/mol. The number of hydrogen-bond acceptors (Lipinski definition) is 5. The summed E-state index contributed by atoms with van der Waals surface area (Å²) in [5, 5.41) is 0. The summed E-state index contributed by atoms with van der Waals surface area (Å²) >= 11 is 0. The van der Waals surface area contributed by atoms with Gasteiger partial charge in [0, 0.05) is 13.1 Å². The van der Waals surface area contributed by atoms with Crippen LogP contribution < -0.4 is 10.6 Å². The molecule has 0 bridgehead atoms. The molecule has 2 N–H and O–H groups in total. The standard InChI is InChI=1S/C15H23N3O2/c1-10-4-6-11(7-5-10)18(2)14-8-12(15(19)20-3)13(16)9-17-14/h8-11H,4-7,16H2,1-3H3. The molecule has 0 aromatic carbocycles. The number of anilines is 2. The van der Waals surface area contributed by atoms with Crippen molar-refractivity contribution in [2.45, 2.75) is 38.6 Å². The second-order valence-corrected chi connectivity index (χ2v) is 5.65. The van der Waals surface area contributed by atoms with Crippen molar-refractivity contribution in [3.05, 3.63) is 17.8 Å². The van der Waals surface area contributed by atoms with Gasteiger partial charge in [-0.05, 0) is 37.7 Å². The van der Waals surface area contributed by atoms with Crippen molar-refractivity contribution in [1.82, 2.24) is 4.98 Å². The summed E-state index contributed by atoms with van der Waals surface area (Å²) in [5.74, 6) is 1.17. The molecule has 0 spiro atoms. The smallest absolute Gasteiger partial charge is 0.340 e. The fraction of sp³-hybridized carbons (Fsp3) is 0.600. The Bertz CT molecular complexity index is 482. The number of pyridine rings is 1. The first-order chi connectivity index (χ1) is 9.52. The Hall–Kier alpha value is -1.78. The van der Waals surface area contributed by atoms with Crippen LogP contribution in [0.25, 0.3) is 0 Å². The van der Waals surface area contributed by atoms with Crippen molar-refractivity contribution < 1.29 is 9.53 Å². The zero-order valence-electron chi connectivity index (χ0n) is 12.4. The van der Waals surface area contributed by atoms with Gasteiger partial charge in [0.05, 0.1) is 24.6 Å². The van der Waals surface area contributed by atoms with Crippen LogP contribution in [0.2, 0.25) is 0 Å². The molecule has 0 saturated heterocycles. The second kappa shape index (κ2) is 6.11. The van der Waals surface area contributed by atoms with Crippen molar-refractivity contribution in [2.24, 2.45) is 5.92 Å². The maximum atomic E-state index is 11.7. The van der Waals surface area contributed by atoms with Gasteiger partial charge in [-0.25, -0.2) is 9.78 Å². The fourth-order valence-corrected chi connectivity index (χ4v) is 2.75. The number of methoxy groups -OCH3 is 1. The SMILES string of the molecule is COC(=O)c1cc(N(C)C2CCC(C)CC2)ncc1N. The van der Waals surface area contributed by atoms with Crippen LogP contribution in [-0.2, 0) is 4.74 Å². The molecule has 1 heterocycles. The molecule has 1 aromatic rings. The normalized spacial score (nSPS) is 22.4. The zero-order valence-corrected chi connectivity index (χ0v) is 12.4. The number of nitrogen functional groups attached to an aromatic ring is 1. The molecule has 5 heteroatoms. The maximum Gasteiger partial charge on any atom is 0.340 e. The molecule has 110 valence electrons. The van der Waals surface area contributed by atoms with E-state index in [-0.39, 0.29) is 0 Å². The Morgan fingerprint density at radius 1 is 1.40 bits per heavy atom. The van der Waals surface area contributed by atoms with E-state index in [1.807, 2.05) is 7.05 Å². The minimum absolute atomic E-state index is 0.353. The molecule has 0 radical (unpaired) electrons. The van der Waals surface area contributed by atoms with E-state index in [2.05, 4.69) is 16.8 Å². The number of nitrogens with two attached hydrogens (primary N) is 1. The van der Waals surface area contributed by atoms with Crippen LogP contribution in [0.15, 0.2) is 12.3 Å². The summed E-state index contributed by atoms with van der Waals surface area (Å²) in [4.78, 5) is 18.2. The molecule has 0 atom stereocenters. The predicted octanol–water partition coefficient (Wildman–Crippen LogP) is 2.47. The van der Waals surface area contributed by atoms with Crippen LogP contribution in [0.5, 0.6) is 0 Å². The summed E-state index contributed by atoms with van der Waals surface area (Å²) in [5.41, 5.74) is 6.52. The molecule has 1 fully saturated rings. The van der Waals surface area contributed by atoms with Crippen LogP contribution >= 0.6 is 0 Å². The lowest BCUT2D eigenvalue weighted by molar-refractivity contribution is 0.0602. The van der Waals surface area contributed by atoms with Gasteiger partial charge in [-0.1, -0.05) is 6.92 Å². The average molecular weight is 277 g/mol. The van der Waals surface area contributed by atoms with Crippen LogP contribution in [0, 0.1) is 5.92 Å². The van der Waals surface area contributed by atoms with Gasteiger partial charge in [0.2, 0.25) is 0 Å². The minimum Gasteiger partial charge on any atom is -0.465 e. The van der Waals surface area contributed by atoms with E-state index in [1.165, 1.54) is 26.1 Å². The lowest BCUT2D eigenvalue weighted by Crippen LogP contribution is -2.35. The van der Waals surface area contributed by atoms with Gasteiger partial charge < -0.3 is 15.4 Å². The van der Waals surface area contributed by atoms with Crippen molar-refractivity contribution in [2.75, 3.05) is 24.8 Å². The van der Waals surface area contributed by atoms with Crippen LogP contribution in [0.4, 0.5) is 11.5 Å². The number of hydrogen-bond donors (Lipinski definition) is 1. The van der Waals surface area contributed by atoms with E-state index < -0.39 is 5.97 Å². The quantitative estimate of drug-likeness (QED) is 0.860. The Morgan fingerprint density at radius 3 is 2.65 bits per heavy atom. The van der Waals surface area contributed by atoms with Crippen molar-refractivity contribution >= 4 is 17.5 Å². The molecule has 1 saturated carbocycles. The number of carbonyl (C=O) groups is 1. The Balaban J connectivity index is 2.17. The van der Waals surface area contributed by atoms with Gasteiger partial charge >= 0.3 is 5.97 Å². The summed E-state index contributed by atoms with van der Waals surface area (Å²) < 4.78 is 4.75. The van der Waals surface area contributed by atoms with Crippen molar-refractivity contribution in [3.63, 3.8) is 0 Å². The number of carbonyl (C=O) groups excluding carboxylic acids is 1. The highest BCUT2D eigenvalue weighted by atomic mass is 16.5. The summed E-state index contributed by atoms with van der Waals surface area (Å²) in [6.45, 7) is 2.30. The van der Waals surface area contributed by atoms with E-state index in [0.29, 0.717) is 17.3 Å². The highest BCUT2D eigenvalue weighted by molar-refractivity contribution is 5.95. The number of aromatic nitrogens is 1. The first-order valence-corrected chi connectivity index (χ1v) is 7.09. The van der Waals surface area contributed by atoms with Crippen molar-refractivity contribution in [3.8, 4) is 0 Å². The van der Waals surface area contributed by atoms with E-state index in [4.69, 9.17) is 10.5 Å². The minimum atomic E-state index is -0.420. The van der Waals surface area contributed by atoms with E-state index in [0.717, 1.165) is 24.6 Å². The first-order valence-electron chi connectivity index (χ1n) is 7.09. The maximum absolute atomic E-state index is 11.7. The molecule has 5 nitrogen and oxygen atoms in total. The highest BCUT2D eigenvalue weighted by Gasteiger charge is 2.23. The Labute approximate surface area is 120 Å². The van der Waals surface area contributed by atoms with Gasteiger partial charge in [-0.2, -0.15) is 0 Å². The molecule has 1 aliphatic carbocycles. The third kappa shape index (κ3) is 3.03. The van der Waals surface area contributed by atoms with E-state index in [9.17, 15) is 4.79 Å². The molecule has 2 rings (SSSR count). The van der Waals surface area contributed by atoms with E-state index in [1.54, 1.807) is 6.07 Å². The summed E-state index contributed by atoms with van der Waals surface area (Å²) in [6, 6.07) is 2.20. The third-order valence-electron chi connectivity index (χ3n) is 4.22. The van der Waals surface area contributed by atoms with Gasteiger partial charge in [-0.15, -0.1) is 0 Å². The Kier molecular flexibility index (Phi) is 4.47. The topological polar surface area (TPSA) is 68.5 Å². The van der Waals surface area contributed by atoms with Gasteiger partial charge in [0.15, 0.2) is 0 Å². The molecule has 1 aliphatic rings. The van der Waals surface area contributed by atoms with Gasteiger partial charge in [0.25, 0.3) is 0 Å². The summed E-state index contributed by atoms with van der Waals surface area (Å²) in [7, 11) is 3.38. The van der Waals surface area contributed by atoms with Gasteiger partial charge in [0.1, 0.15) is 5.82 Å². The lowest BCUT2D eigenvalue weighted by Gasteiger charge is -2.34. The largest absolute Gasteiger partial charge is 0.465 e. The third-order valence-corrected chi connectivity index (χ3v) is 4.22. The molecule has 0 unspecified atom stereocenters. The fourth-order valence-electron chi connectivity index (χ4n) is 2.75. The average Bonchev–Trinajstić information content (AvgIpc) is 2.47. The highest BCUT2D eigenvalue weighted by Crippen LogP contribution is 2.29. The lowest BCUT2D eigenvalue weighted by atomic mass is 9.87. The molecular formula is C15H23N3O2. The second-order valence-electron chi connectivity index (χ2n) is 5.65. The number of rotatable bonds is 3. The van der Waals surface area contributed by atoms with Gasteiger partial charge in [-0.3, -0.25) is 0 Å². The summed E-state index contributed by atoms with van der Waals surface area (Å²) in [6.07, 6.45) is 6.35. The van der Waals surface area contributed by atoms with E-state index >= 15 is 0 Å². The molecule has 20 heavy (non-hydrogen) atoms. The Morgan fingerprint density at radius 2 is 2.05 bits per heavy atom. The molecule has 0 amide bonds. The zero-order chi connectivity index (χ0) is 14.7. The molecule has 1 aromatic heterocycles. The number of esters is 1. The first kappa shape index (κ1) is 14.6. The van der Waals surface area contributed by atoms with Crippen molar-refractivity contribution in [1.29, 1.82) is 0 Å². The van der Waals surface area contributed by atoms with Crippen LogP contribution in [0.3, 0.4) is 0 Å². The molecule has 0 aliphatic heterocycles. The monoisotopic (exact) mass is 277 g/mol. The number of nitrogens with zero attached hydrogens (tertiary/aromatic N) is 2.